The highest BCUT2D eigenvalue weighted by atomic mass is 32.1. The molecule has 1 amide bonds. The Kier molecular flexibility index (Phi) is 4.18. The van der Waals surface area contributed by atoms with Crippen LogP contribution in [0, 0.1) is 5.92 Å². The zero-order valence-electron chi connectivity index (χ0n) is 10.3. The number of nitrogens with zero attached hydrogens (tertiary/aromatic N) is 1. The summed E-state index contributed by atoms with van der Waals surface area (Å²) in [6.07, 6.45) is 3.85. The summed E-state index contributed by atoms with van der Waals surface area (Å²) in [6, 6.07) is 4.23. The van der Waals surface area contributed by atoms with Crippen molar-refractivity contribution in [3.8, 4) is 0 Å². The van der Waals surface area contributed by atoms with Crippen LogP contribution in [-0.4, -0.2) is 30.4 Å². The van der Waals surface area contributed by atoms with Crippen molar-refractivity contribution in [2.75, 3.05) is 13.6 Å². The van der Waals surface area contributed by atoms with Crippen LogP contribution in [0.1, 0.15) is 24.1 Å². The highest BCUT2D eigenvalue weighted by Gasteiger charge is 2.30. The second-order valence-electron chi connectivity index (χ2n) is 4.85. The summed E-state index contributed by atoms with van der Waals surface area (Å²) in [7, 11) is 1.87. The topological polar surface area (TPSA) is 46.3 Å². The van der Waals surface area contributed by atoms with Gasteiger partial charge in [0.25, 0.3) is 0 Å². The normalized spacial score (nSPS) is 16.8. The number of amides is 1. The molecule has 1 aromatic rings. The van der Waals surface area contributed by atoms with E-state index in [2.05, 4.69) is 11.4 Å². The van der Waals surface area contributed by atoms with Gasteiger partial charge >= 0.3 is 0 Å². The number of carbonyl (C=O) groups is 1. The van der Waals surface area contributed by atoms with E-state index in [4.69, 9.17) is 5.73 Å². The van der Waals surface area contributed by atoms with Crippen LogP contribution in [0.4, 0.5) is 0 Å². The van der Waals surface area contributed by atoms with Gasteiger partial charge in [-0.2, -0.15) is 0 Å². The number of hydrogen-bond donors (Lipinski definition) is 1. The monoisotopic (exact) mass is 252 g/mol. The minimum atomic E-state index is 0.0756. The van der Waals surface area contributed by atoms with Crippen LogP contribution in [0.3, 0.4) is 0 Å². The molecule has 0 radical (unpaired) electrons. The lowest BCUT2D eigenvalue weighted by molar-refractivity contribution is -0.130. The molecule has 0 spiro atoms. The zero-order chi connectivity index (χ0) is 12.3. The maximum atomic E-state index is 11.9. The van der Waals surface area contributed by atoms with E-state index in [1.807, 2.05) is 18.0 Å². The zero-order valence-corrected chi connectivity index (χ0v) is 11.1. The first kappa shape index (κ1) is 12.6. The predicted octanol–water partition coefficient (Wildman–Crippen LogP) is 1.88. The van der Waals surface area contributed by atoms with Crippen molar-refractivity contribution in [2.45, 2.75) is 31.7 Å². The highest BCUT2D eigenvalue weighted by molar-refractivity contribution is 7.09. The van der Waals surface area contributed by atoms with E-state index >= 15 is 0 Å². The number of nitrogens with two attached hydrogens (primary N) is 1. The van der Waals surface area contributed by atoms with Crippen LogP contribution in [-0.2, 0) is 11.2 Å². The van der Waals surface area contributed by atoms with Crippen molar-refractivity contribution in [2.24, 2.45) is 11.7 Å². The summed E-state index contributed by atoms with van der Waals surface area (Å²) in [5.41, 5.74) is 5.96. The minimum Gasteiger partial charge on any atom is -0.345 e. The van der Waals surface area contributed by atoms with Gasteiger partial charge in [-0.1, -0.05) is 6.07 Å². The predicted molar refractivity (Wildman–Crippen MR) is 71.0 cm³/mol. The molecule has 1 unspecified atom stereocenters. The van der Waals surface area contributed by atoms with E-state index < -0.39 is 0 Å². The Labute approximate surface area is 107 Å². The second-order valence-corrected chi connectivity index (χ2v) is 5.88. The van der Waals surface area contributed by atoms with E-state index in [-0.39, 0.29) is 11.9 Å². The molecule has 1 saturated carbocycles. The summed E-state index contributed by atoms with van der Waals surface area (Å²) >= 11 is 1.74. The average Bonchev–Trinajstić information content (AvgIpc) is 3.04. The molecule has 94 valence electrons. The third-order valence-electron chi connectivity index (χ3n) is 3.34. The van der Waals surface area contributed by atoms with E-state index in [0.29, 0.717) is 12.3 Å². The first-order valence-corrected chi connectivity index (χ1v) is 7.06. The lowest BCUT2D eigenvalue weighted by Gasteiger charge is -2.19. The molecular formula is C13H20N2OS. The van der Waals surface area contributed by atoms with Crippen LogP contribution in [0.25, 0.3) is 0 Å². The smallest absolute Gasteiger partial charge is 0.223 e. The Hall–Kier alpha value is -0.870. The van der Waals surface area contributed by atoms with E-state index in [1.165, 1.54) is 17.7 Å². The van der Waals surface area contributed by atoms with Crippen molar-refractivity contribution in [3.63, 3.8) is 0 Å². The first-order chi connectivity index (χ1) is 8.16. The van der Waals surface area contributed by atoms with Gasteiger partial charge in [0.05, 0.1) is 0 Å². The summed E-state index contributed by atoms with van der Waals surface area (Å²) in [6.45, 7) is 0.788. The van der Waals surface area contributed by atoms with Gasteiger partial charge in [0, 0.05) is 30.9 Å². The number of likely N-dealkylation sites (N-methyl/N-ethyl adjacent to an activating group) is 1. The molecule has 0 saturated heterocycles. The molecule has 4 heteroatoms. The van der Waals surface area contributed by atoms with Gasteiger partial charge in [-0.3, -0.25) is 4.79 Å². The fourth-order valence-electron chi connectivity index (χ4n) is 1.91. The lowest BCUT2D eigenvalue weighted by atomic mass is 10.1. The molecule has 1 aliphatic rings. The average molecular weight is 252 g/mol. The molecule has 2 N–H and O–H groups in total. The Morgan fingerprint density at radius 3 is 3.00 bits per heavy atom. The van der Waals surface area contributed by atoms with Crippen LogP contribution < -0.4 is 5.73 Å². The fraction of sp³-hybridized carbons (Fsp3) is 0.615. The molecule has 0 bridgehead atoms. The SMILES string of the molecule is CN(CCc1cccs1)C(=O)CC(N)C1CC1. The van der Waals surface area contributed by atoms with Crippen molar-refractivity contribution >= 4 is 17.2 Å². The number of thiophene rings is 1. The molecule has 1 atom stereocenters. The van der Waals surface area contributed by atoms with Crippen molar-refractivity contribution in [1.29, 1.82) is 0 Å². The standard InChI is InChI=1S/C13H20N2OS/c1-15(7-6-11-3-2-8-17-11)13(16)9-12(14)10-4-5-10/h2-3,8,10,12H,4-7,9,14H2,1H3. The molecule has 3 nitrogen and oxygen atoms in total. The number of carbonyl (C=O) groups excluding carboxylic acids is 1. The lowest BCUT2D eigenvalue weighted by Crippen LogP contribution is -2.35. The van der Waals surface area contributed by atoms with E-state index in [9.17, 15) is 4.79 Å². The Morgan fingerprint density at radius 1 is 1.65 bits per heavy atom. The van der Waals surface area contributed by atoms with Crippen molar-refractivity contribution in [1.82, 2.24) is 4.90 Å². The molecular weight excluding hydrogens is 232 g/mol. The summed E-state index contributed by atoms with van der Waals surface area (Å²) in [4.78, 5) is 15.0. The van der Waals surface area contributed by atoms with E-state index in [0.717, 1.165) is 13.0 Å². The van der Waals surface area contributed by atoms with Crippen LogP contribution in [0.2, 0.25) is 0 Å². The van der Waals surface area contributed by atoms with Crippen LogP contribution in [0.5, 0.6) is 0 Å². The summed E-state index contributed by atoms with van der Waals surface area (Å²) in [5, 5.41) is 2.07. The number of hydrogen-bond acceptors (Lipinski definition) is 3. The van der Waals surface area contributed by atoms with Crippen molar-refractivity contribution < 1.29 is 4.79 Å². The molecule has 1 aliphatic carbocycles. The van der Waals surface area contributed by atoms with Gasteiger partial charge in [-0.15, -0.1) is 11.3 Å². The van der Waals surface area contributed by atoms with Gasteiger partial charge in [0.1, 0.15) is 0 Å². The Balaban J connectivity index is 1.71. The molecule has 17 heavy (non-hydrogen) atoms. The molecule has 2 rings (SSSR count). The maximum absolute atomic E-state index is 11.9. The third kappa shape index (κ3) is 3.82. The minimum absolute atomic E-state index is 0.0756. The first-order valence-electron chi connectivity index (χ1n) is 6.18. The second kappa shape index (κ2) is 5.65. The maximum Gasteiger partial charge on any atom is 0.223 e. The molecule has 1 aromatic heterocycles. The van der Waals surface area contributed by atoms with Gasteiger partial charge in [0.2, 0.25) is 5.91 Å². The van der Waals surface area contributed by atoms with Crippen LogP contribution in [0.15, 0.2) is 17.5 Å². The summed E-state index contributed by atoms with van der Waals surface area (Å²) < 4.78 is 0. The molecule has 0 aromatic carbocycles. The molecule has 1 fully saturated rings. The van der Waals surface area contributed by atoms with Gasteiger partial charge in [-0.25, -0.2) is 0 Å². The number of rotatable bonds is 6. The third-order valence-corrected chi connectivity index (χ3v) is 4.27. The Morgan fingerprint density at radius 2 is 2.41 bits per heavy atom. The van der Waals surface area contributed by atoms with Gasteiger partial charge < -0.3 is 10.6 Å². The highest BCUT2D eigenvalue weighted by Crippen LogP contribution is 2.32. The fourth-order valence-corrected chi connectivity index (χ4v) is 2.60. The Bertz CT molecular complexity index is 360. The van der Waals surface area contributed by atoms with Crippen LogP contribution >= 0.6 is 11.3 Å². The molecule has 0 aliphatic heterocycles. The largest absolute Gasteiger partial charge is 0.345 e. The quantitative estimate of drug-likeness (QED) is 0.840. The molecule has 1 heterocycles. The van der Waals surface area contributed by atoms with Crippen molar-refractivity contribution in [3.05, 3.63) is 22.4 Å². The summed E-state index contributed by atoms with van der Waals surface area (Å²) in [5.74, 6) is 0.783. The van der Waals surface area contributed by atoms with Gasteiger partial charge in [0.15, 0.2) is 0 Å². The van der Waals surface area contributed by atoms with Gasteiger partial charge in [-0.05, 0) is 36.6 Å². The van der Waals surface area contributed by atoms with E-state index in [1.54, 1.807) is 11.3 Å².